The first kappa shape index (κ1) is 17.5. The number of ether oxygens (including phenoxy) is 1. The number of nitrogens with zero attached hydrogens (tertiary/aromatic N) is 1. The van der Waals surface area contributed by atoms with Gasteiger partial charge < -0.3 is 15.4 Å². The molecule has 21 heavy (non-hydrogen) atoms. The number of hydrogen-bond acceptors (Lipinski definition) is 3. The summed E-state index contributed by atoms with van der Waals surface area (Å²) in [5, 5.41) is 0. The monoisotopic (exact) mass is 292 g/mol. The van der Waals surface area contributed by atoms with Crippen LogP contribution in [0, 0.1) is 5.92 Å². The molecule has 0 spiro atoms. The number of carbonyl (C=O) groups is 1. The minimum absolute atomic E-state index is 0.0227. The SMILES string of the molecule is CCc1ccc(OCC(=O)N(C)CCC(N)C(C)C)cc1. The zero-order valence-electron chi connectivity index (χ0n) is 13.6. The Kier molecular flexibility index (Phi) is 7.23. The standard InChI is InChI=1S/C17H28N2O2/c1-5-14-6-8-15(9-7-14)21-12-17(20)19(4)11-10-16(18)13(2)3/h6-9,13,16H,5,10-12,18H2,1-4H3. The van der Waals surface area contributed by atoms with Crippen molar-refractivity contribution in [2.45, 2.75) is 39.7 Å². The van der Waals surface area contributed by atoms with E-state index in [4.69, 9.17) is 10.5 Å². The number of nitrogens with two attached hydrogens (primary N) is 1. The summed E-state index contributed by atoms with van der Waals surface area (Å²) in [6, 6.07) is 7.97. The lowest BCUT2D eigenvalue weighted by atomic mass is 10.0. The number of hydrogen-bond donors (Lipinski definition) is 1. The van der Waals surface area contributed by atoms with Gasteiger partial charge in [-0.2, -0.15) is 0 Å². The Balaban J connectivity index is 2.34. The topological polar surface area (TPSA) is 55.6 Å². The Bertz CT molecular complexity index is 429. The quantitative estimate of drug-likeness (QED) is 0.801. The molecule has 1 aromatic rings. The van der Waals surface area contributed by atoms with E-state index in [0.717, 1.165) is 18.6 Å². The highest BCUT2D eigenvalue weighted by atomic mass is 16.5. The average molecular weight is 292 g/mol. The molecule has 0 aliphatic carbocycles. The van der Waals surface area contributed by atoms with Gasteiger partial charge in [0.1, 0.15) is 5.75 Å². The van der Waals surface area contributed by atoms with E-state index in [9.17, 15) is 4.79 Å². The first-order chi connectivity index (χ1) is 9.93. The summed E-state index contributed by atoms with van der Waals surface area (Å²) < 4.78 is 5.52. The van der Waals surface area contributed by atoms with Crippen molar-refractivity contribution in [3.05, 3.63) is 29.8 Å². The third-order valence-corrected chi connectivity index (χ3v) is 3.77. The molecule has 0 aromatic heterocycles. The summed E-state index contributed by atoms with van der Waals surface area (Å²) in [5.74, 6) is 1.14. The fourth-order valence-electron chi connectivity index (χ4n) is 1.88. The molecule has 118 valence electrons. The summed E-state index contributed by atoms with van der Waals surface area (Å²) in [7, 11) is 1.79. The van der Waals surface area contributed by atoms with Crippen LogP contribution in [0.15, 0.2) is 24.3 Å². The van der Waals surface area contributed by atoms with E-state index in [1.165, 1.54) is 5.56 Å². The number of amides is 1. The van der Waals surface area contributed by atoms with Crippen LogP contribution in [0.1, 0.15) is 32.8 Å². The lowest BCUT2D eigenvalue weighted by Crippen LogP contribution is -2.36. The zero-order valence-corrected chi connectivity index (χ0v) is 13.6. The molecule has 2 N–H and O–H groups in total. The van der Waals surface area contributed by atoms with E-state index >= 15 is 0 Å². The van der Waals surface area contributed by atoms with Gasteiger partial charge in [0.25, 0.3) is 5.91 Å². The van der Waals surface area contributed by atoms with Gasteiger partial charge in [0.2, 0.25) is 0 Å². The van der Waals surface area contributed by atoms with Crippen LogP contribution in [-0.2, 0) is 11.2 Å². The van der Waals surface area contributed by atoms with Crippen molar-refractivity contribution < 1.29 is 9.53 Å². The fourth-order valence-corrected chi connectivity index (χ4v) is 1.88. The van der Waals surface area contributed by atoms with E-state index in [0.29, 0.717) is 12.5 Å². The highest BCUT2D eigenvalue weighted by Gasteiger charge is 2.13. The number of benzene rings is 1. The Morgan fingerprint density at radius 1 is 1.29 bits per heavy atom. The van der Waals surface area contributed by atoms with Gasteiger partial charge in [0.05, 0.1) is 0 Å². The molecule has 0 radical (unpaired) electrons. The first-order valence-corrected chi connectivity index (χ1v) is 7.65. The predicted octanol–water partition coefficient (Wildman–Crippen LogP) is 2.46. The second kappa shape index (κ2) is 8.67. The van der Waals surface area contributed by atoms with E-state index in [1.807, 2.05) is 24.3 Å². The van der Waals surface area contributed by atoms with E-state index in [2.05, 4.69) is 20.8 Å². The Morgan fingerprint density at radius 3 is 2.43 bits per heavy atom. The molecule has 0 bridgehead atoms. The van der Waals surface area contributed by atoms with Crippen molar-refractivity contribution in [2.24, 2.45) is 11.7 Å². The first-order valence-electron chi connectivity index (χ1n) is 7.65. The van der Waals surface area contributed by atoms with Crippen molar-refractivity contribution in [1.29, 1.82) is 0 Å². The second-order valence-electron chi connectivity index (χ2n) is 5.80. The fraction of sp³-hybridized carbons (Fsp3) is 0.588. The minimum atomic E-state index is -0.0227. The summed E-state index contributed by atoms with van der Waals surface area (Å²) in [6.45, 7) is 7.02. The number of carbonyl (C=O) groups excluding carboxylic acids is 1. The van der Waals surface area contributed by atoms with Crippen molar-refractivity contribution in [1.82, 2.24) is 4.90 Å². The van der Waals surface area contributed by atoms with Crippen LogP contribution >= 0.6 is 0 Å². The largest absolute Gasteiger partial charge is 0.484 e. The molecule has 4 heteroatoms. The molecule has 4 nitrogen and oxygen atoms in total. The van der Waals surface area contributed by atoms with Gasteiger partial charge in [0.15, 0.2) is 6.61 Å². The smallest absolute Gasteiger partial charge is 0.260 e. The van der Waals surface area contributed by atoms with Gasteiger partial charge in [-0.25, -0.2) is 0 Å². The molecule has 0 aliphatic rings. The maximum Gasteiger partial charge on any atom is 0.260 e. The molecule has 1 atom stereocenters. The molecule has 1 amide bonds. The van der Waals surface area contributed by atoms with Crippen LogP contribution in [0.5, 0.6) is 5.75 Å². The molecule has 0 heterocycles. The van der Waals surface area contributed by atoms with Crippen LogP contribution in [0.3, 0.4) is 0 Å². The molecular formula is C17H28N2O2. The third-order valence-electron chi connectivity index (χ3n) is 3.77. The minimum Gasteiger partial charge on any atom is -0.484 e. The van der Waals surface area contributed by atoms with Crippen LogP contribution in [-0.4, -0.2) is 37.0 Å². The van der Waals surface area contributed by atoms with E-state index < -0.39 is 0 Å². The molecule has 0 fully saturated rings. The summed E-state index contributed by atoms with van der Waals surface area (Å²) in [6.07, 6.45) is 1.81. The lowest BCUT2D eigenvalue weighted by Gasteiger charge is -2.21. The van der Waals surface area contributed by atoms with Crippen LogP contribution in [0.25, 0.3) is 0 Å². The van der Waals surface area contributed by atoms with E-state index in [-0.39, 0.29) is 18.6 Å². The molecular weight excluding hydrogens is 264 g/mol. The summed E-state index contributed by atoms with van der Waals surface area (Å²) in [4.78, 5) is 13.7. The Hall–Kier alpha value is -1.55. The van der Waals surface area contributed by atoms with Gasteiger partial charge in [-0.1, -0.05) is 32.9 Å². The Labute approximate surface area is 128 Å². The van der Waals surface area contributed by atoms with Crippen LogP contribution < -0.4 is 10.5 Å². The van der Waals surface area contributed by atoms with E-state index in [1.54, 1.807) is 11.9 Å². The summed E-state index contributed by atoms with van der Waals surface area (Å²) in [5.41, 5.74) is 7.25. The highest BCUT2D eigenvalue weighted by molar-refractivity contribution is 5.77. The zero-order chi connectivity index (χ0) is 15.8. The van der Waals surface area contributed by atoms with Crippen LogP contribution in [0.4, 0.5) is 0 Å². The maximum absolute atomic E-state index is 12.0. The van der Waals surface area contributed by atoms with Gasteiger partial charge in [-0.15, -0.1) is 0 Å². The van der Waals surface area contributed by atoms with Crippen molar-refractivity contribution in [3.8, 4) is 5.75 Å². The van der Waals surface area contributed by atoms with Gasteiger partial charge in [0, 0.05) is 19.6 Å². The molecule has 1 unspecified atom stereocenters. The van der Waals surface area contributed by atoms with Gasteiger partial charge in [-0.3, -0.25) is 4.79 Å². The number of likely N-dealkylation sites (N-methyl/N-ethyl adjacent to an activating group) is 1. The maximum atomic E-state index is 12.0. The molecule has 1 aromatic carbocycles. The van der Waals surface area contributed by atoms with Crippen molar-refractivity contribution in [3.63, 3.8) is 0 Å². The van der Waals surface area contributed by atoms with Crippen molar-refractivity contribution in [2.75, 3.05) is 20.2 Å². The third kappa shape index (κ3) is 6.17. The van der Waals surface area contributed by atoms with Crippen LogP contribution in [0.2, 0.25) is 0 Å². The predicted molar refractivity (Wildman–Crippen MR) is 86.4 cm³/mol. The van der Waals surface area contributed by atoms with Gasteiger partial charge in [-0.05, 0) is 36.5 Å². The molecule has 1 rings (SSSR count). The summed E-state index contributed by atoms with van der Waals surface area (Å²) >= 11 is 0. The second-order valence-corrected chi connectivity index (χ2v) is 5.80. The van der Waals surface area contributed by atoms with Crippen molar-refractivity contribution >= 4 is 5.91 Å². The highest BCUT2D eigenvalue weighted by Crippen LogP contribution is 2.12. The Morgan fingerprint density at radius 2 is 1.90 bits per heavy atom. The normalized spacial score (nSPS) is 12.3. The number of rotatable bonds is 8. The molecule has 0 saturated heterocycles. The number of aryl methyl sites for hydroxylation is 1. The molecule has 0 aliphatic heterocycles. The van der Waals surface area contributed by atoms with Gasteiger partial charge >= 0.3 is 0 Å². The molecule has 0 saturated carbocycles. The average Bonchev–Trinajstić information content (AvgIpc) is 2.50. The lowest BCUT2D eigenvalue weighted by molar-refractivity contribution is -0.132.